The van der Waals surface area contributed by atoms with Crippen LogP contribution in [0.4, 0.5) is 30.6 Å². The van der Waals surface area contributed by atoms with Crippen LogP contribution in [0.3, 0.4) is 0 Å². The van der Waals surface area contributed by atoms with Crippen molar-refractivity contribution in [2.45, 2.75) is 39.8 Å². The number of nitrogens with one attached hydrogen (secondary N) is 2. The van der Waals surface area contributed by atoms with Gasteiger partial charge in [-0.1, -0.05) is 19.4 Å². The molecule has 0 bridgehead atoms. The number of allylic oxidation sites excluding steroid dienone is 1. The fourth-order valence-corrected chi connectivity index (χ4v) is 3.51. The van der Waals surface area contributed by atoms with Gasteiger partial charge in [-0.15, -0.1) is 0 Å². The van der Waals surface area contributed by atoms with Crippen molar-refractivity contribution in [1.29, 1.82) is 0 Å². The van der Waals surface area contributed by atoms with Gasteiger partial charge in [0, 0.05) is 38.0 Å². The fourth-order valence-electron chi connectivity index (χ4n) is 3.51. The first-order valence-electron chi connectivity index (χ1n) is 11.1. The van der Waals surface area contributed by atoms with E-state index in [1.165, 1.54) is 9.58 Å². The number of likely N-dealkylation sites (N-methyl/N-ethyl adjacent to an activating group) is 1. The van der Waals surface area contributed by atoms with Gasteiger partial charge >= 0.3 is 0 Å². The SMILES string of the molecule is C/C=C(/CCC)C(=O)N(C)c1cnc(NCc2cnn(Cc3cc(F)c(F)c(F)c3)c2)nc1NC. The predicted octanol–water partition coefficient (Wildman–Crippen LogP) is 4.50. The number of halogens is 3. The van der Waals surface area contributed by atoms with Crippen LogP contribution in [0.15, 0.2) is 42.4 Å². The molecule has 186 valence electrons. The number of nitrogens with zero attached hydrogens (tertiary/aromatic N) is 5. The maximum Gasteiger partial charge on any atom is 0.253 e. The summed E-state index contributed by atoms with van der Waals surface area (Å²) in [7, 11) is 3.39. The second-order valence-electron chi connectivity index (χ2n) is 7.88. The van der Waals surface area contributed by atoms with Gasteiger partial charge in [-0.25, -0.2) is 18.2 Å². The summed E-state index contributed by atoms with van der Waals surface area (Å²) in [5.74, 6) is -3.26. The lowest BCUT2D eigenvalue weighted by atomic mass is 10.1. The standard InChI is InChI=1S/C24H28F3N7O/c1-5-7-17(6-2)23(35)33(4)20-12-30-24(32-22(20)28-3)29-10-16-11-31-34(14-16)13-15-8-18(25)21(27)19(26)9-15/h6,8-9,11-12,14H,5,7,10,13H2,1-4H3,(H2,28,29,30,32)/b17-6-. The summed E-state index contributed by atoms with van der Waals surface area (Å²) in [5, 5.41) is 10.3. The zero-order chi connectivity index (χ0) is 25.5. The third kappa shape index (κ3) is 6.17. The van der Waals surface area contributed by atoms with Crippen LogP contribution in [0.25, 0.3) is 0 Å². The fraction of sp³-hybridized carbons (Fsp3) is 0.333. The molecule has 0 radical (unpaired) electrons. The van der Waals surface area contributed by atoms with Gasteiger partial charge in [0.05, 0.1) is 18.9 Å². The second-order valence-corrected chi connectivity index (χ2v) is 7.88. The van der Waals surface area contributed by atoms with Crippen molar-refractivity contribution in [3.05, 3.63) is 71.0 Å². The Morgan fingerprint density at radius 2 is 1.89 bits per heavy atom. The van der Waals surface area contributed by atoms with E-state index in [4.69, 9.17) is 0 Å². The molecule has 0 saturated heterocycles. The highest BCUT2D eigenvalue weighted by Crippen LogP contribution is 2.25. The third-order valence-corrected chi connectivity index (χ3v) is 5.34. The van der Waals surface area contributed by atoms with E-state index in [0.717, 1.165) is 29.7 Å². The van der Waals surface area contributed by atoms with Crippen LogP contribution in [0.1, 0.15) is 37.8 Å². The number of hydrogen-bond donors (Lipinski definition) is 2. The van der Waals surface area contributed by atoms with Crippen LogP contribution in [0, 0.1) is 17.5 Å². The van der Waals surface area contributed by atoms with E-state index in [1.807, 2.05) is 19.9 Å². The number of benzene rings is 1. The van der Waals surface area contributed by atoms with Gasteiger partial charge < -0.3 is 15.5 Å². The van der Waals surface area contributed by atoms with Gasteiger partial charge in [0.25, 0.3) is 5.91 Å². The van der Waals surface area contributed by atoms with Crippen molar-refractivity contribution >= 4 is 23.4 Å². The summed E-state index contributed by atoms with van der Waals surface area (Å²) in [4.78, 5) is 23.1. The van der Waals surface area contributed by atoms with E-state index >= 15 is 0 Å². The van der Waals surface area contributed by atoms with Crippen molar-refractivity contribution in [2.24, 2.45) is 0 Å². The van der Waals surface area contributed by atoms with Gasteiger partial charge in [-0.3, -0.25) is 9.48 Å². The molecule has 1 aromatic carbocycles. The summed E-state index contributed by atoms with van der Waals surface area (Å²) < 4.78 is 41.5. The molecule has 0 aliphatic heterocycles. The summed E-state index contributed by atoms with van der Waals surface area (Å²) in [6.07, 6.45) is 8.23. The minimum absolute atomic E-state index is 0.0792. The zero-order valence-corrected chi connectivity index (χ0v) is 20.1. The van der Waals surface area contributed by atoms with Crippen LogP contribution in [-0.2, 0) is 17.9 Å². The average Bonchev–Trinajstić information content (AvgIpc) is 3.30. The smallest absolute Gasteiger partial charge is 0.253 e. The molecule has 0 unspecified atom stereocenters. The largest absolute Gasteiger partial charge is 0.371 e. The van der Waals surface area contributed by atoms with Crippen LogP contribution in [0.5, 0.6) is 0 Å². The first-order valence-corrected chi connectivity index (χ1v) is 11.1. The number of carbonyl (C=O) groups is 1. The lowest BCUT2D eigenvalue weighted by Gasteiger charge is -2.21. The summed E-state index contributed by atoms with van der Waals surface area (Å²) >= 11 is 0. The van der Waals surface area contributed by atoms with Crippen molar-refractivity contribution in [2.75, 3.05) is 29.6 Å². The molecule has 11 heteroatoms. The van der Waals surface area contributed by atoms with E-state index in [1.54, 1.807) is 32.7 Å². The van der Waals surface area contributed by atoms with Gasteiger partial charge in [-0.05, 0) is 31.0 Å². The van der Waals surface area contributed by atoms with Gasteiger partial charge in [0.15, 0.2) is 23.3 Å². The highest BCUT2D eigenvalue weighted by Gasteiger charge is 2.19. The monoisotopic (exact) mass is 487 g/mol. The Morgan fingerprint density at radius 1 is 1.17 bits per heavy atom. The van der Waals surface area contributed by atoms with Crippen molar-refractivity contribution in [3.8, 4) is 0 Å². The number of carbonyl (C=O) groups excluding carboxylic acids is 1. The molecule has 0 atom stereocenters. The summed E-state index contributed by atoms with van der Waals surface area (Å²) in [5.41, 5.74) is 2.30. The molecule has 35 heavy (non-hydrogen) atoms. The topological polar surface area (TPSA) is 88.0 Å². The molecule has 8 nitrogen and oxygen atoms in total. The number of hydrogen-bond acceptors (Lipinski definition) is 6. The summed E-state index contributed by atoms with van der Waals surface area (Å²) in [6, 6.07) is 1.88. The Bertz CT molecular complexity index is 1200. The van der Waals surface area contributed by atoms with Crippen LogP contribution >= 0.6 is 0 Å². The van der Waals surface area contributed by atoms with Crippen LogP contribution < -0.4 is 15.5 Å². The maximum atomic E-state index is 13.4. The molecule has 0 aliphatic rings. The van der Waals surface area contributed by atoms with E-state index < -0.39 is 17.5 Å². The minimum atomic E-state index is -1.50. The normalized spacial score (nSPS) is 11.5. The Hall–Kier alpha value is -3.89. The van der Waals surface area contributed by atoms with E-state index in [9.17, 15) is 18.0 Å². The Labute approximate surface area is 201 Å². The van der Waals surface area contributed by atoms with Gasteiger partial charge in [-0.2, -0.15) is 10.1 Å². The molecule has 2 heterocycles. The molecule has 2 aromatic heterocycles. The maximum absolute atomic E-state index is 13.4. The predicted molar refractivity (Wildman–Crippen MR) is 129 cm³/mol. The molecule has 0 spiro atoms. The zero-order valence-electron chi connectivity index (χ0n) is 20.1. The third-order valence-electron chi connectivity index (χ3n) is 5.34. The van der Waals surface area contributed by atoms with Gasteiger partial charge in [0.1, 0.15) is 5.69 Å². The average molecular weight is 488 g/mol. The molecule has 0 fully saturated rings. The molecule has 0 aliphatic carbocycles. The van der Waals surface area contributed by atoms with Crippen molar-refractivity contribution < 1.29 is 18.0 Å². The molecule has 3 rings (SSSR count). The van der Waals surface area contributed by atoms with E-state index in [0.29, 0.717) is 30.4 Å². The van der Waals surface area contributed by atoms with Crippen molar-refractivity contribution in [1.82, 2.24) is 19.7 Å². The van der Waals surface area contributed by atoms with E-state index in [-0.39, 0.29) is 18.0 Å². The minimum Gasteiger partial charge on any atom is -0.371 e. The Kier molecular flexibility index (Phi) is 8.45. The quantitative estimate of drug-likeness (QED) is 0.323. The molecule has 3 aromatic rings. The second kappa shape index (κ2) is 11.5. The molecule has 1 amide bonds. The van der Waals surface area contributed by atoms with Gasteiger partial charge in [0.2, 0.25) is 5.95 Å². The highest BCUT2D eigenvalue weighted by atomic mass is 19.2. The number of aromatic nitrogens is 4. The molecular formula is C24H28F3N7O. The molecule has 0 saturated carbocycles. The first-order chi connectivity index (χ1) is 16.8. The Morgan fingerprint density at radius 3 is 2.51 bits per heavy atom. The lowest BCUT2D eigenvalue weighted by Crippen LogP contribution is -2.29. The first kappa shape index (κ1) is 25.7. The lowest BCUT2D eigenvalue weighted by molar-refractivity contribution is -0.115. The summed E-state index contributed by atoms with van der Waals surface area (Å²) in [6.45, 7) is 4.28. The number of amides is 1. The number of anilines is 3. The molecular weight excluding hydrogens is 459 g/mol. The number of rotatable bonds is 10. The highest BCUT2D eigenvalue weighted by molar-refractivity contribution is 6.06. The van der Waals surface area contributed by atoms with E-state index in [2.05, 4.69) is 25.7 Å². The van der Waals surface area contributed by atoms with Crippen LogP contribution in [0.2, 0.25) is 0 Å². The Balaban J connectivity index is 1.67. The van der Waals surface area contributed by atoms with Crippen LogP contribution in [-0.4, -0.2) is 39.8 Å². The molecule has 2 N–H and O–H groups in total. The van der Waals surface area contributed by atoms with Crippen molar-refractivity contribution in [3.63, 3.8) is 0 Å².